The summed E-state index contributed by atoms with van der Waals surface area (Å²) in [7, 11) is 0. The lowest BCUT2D eigenvalue weighted by atomic mass is 10.1. The summed E-state index contributed by atoms with van der Waals surface area (Å²) in [5.41, 5.74) is 6.85. The SMILES string of the molecule is NC(=O)CCOc1ccc(NC(=O)CCc2ccccc2Br)cc1. The summed E-state index contributed by atoms with van der Waals surface area (Å²) in [6.45, 7) is 0.243. The molecule has 0 saturated heterocycles. The molecular formula is C18H19BrN2O3. The Bertz CT molecular complexity index is 702. The van der Waals surface area contributed by atoms with Gasteiger partial charge in [-0.3, -0.25) is 9.59 Å². The van der Waals surface area contributed by atoms with Crippen LogP contribution < -0.4 is 15.8 Å². The maximum atomic E-state index is 12.0. The number of nitrogens with one attached hydrogen (secondary N) is 1. The Morgan fingerprint density at radius 1 is 1.04 bits per heavy atom. The van der Waals surface area contributed by atoms with Gasteiger partial charge in [-0.05, 0) is 42.3 Å². The van der Waals surface area contributed by atoms with Gasteiger partial charge in [-0.25, -0.2) is 0 Å². The van der Waals surface area contributed by atoms with Gasteiger partial charge in [0.05, 0.1) is 13.0 Å². The molecule has 0 radical (unpaired) electrons. The first-order chi connectivity index (χ1) is 11.5. The summed E-state index contributed by atoms with van der Waals surface area (Å²) < 4.78 is 6.39. The first kappa shape index (κ1) is 18.0. The van der Waals surface area contributed by atoms with E-state index in [1.165, 1.54) is 0 Å². The molecule has 0 spiro atoms. The van der Waals surface area contributed by atoms with E-state index >= 15 is 0 Å². The van der Waals surface area contributed by atoms with Crippen LogP contribution in [0.5, 0.6) is 5.75 Å². The smallest absolute Gasteiger partial charge is 0.224 e. The van der Waals surface area contributed by atoms with Crippen molar-refractivity contribution in [1.29, 1.82) is 0 Å². The highest BCUT2D eigenvalue weighted by Crippen LogP contribution is 2.19. The number of hydrogen-bond donors (Lipinski definition) is 2. The Hall–Kier alpha value is -2.34. The molecule has 0 aliphatic carbocycles. The Labute approximate surface area is 149 Å². The lowest BCUT2D eigenvalue weighted by Gasteiger charge is -2.08. The second-order valence-corrected chi connectivity index (χ2v) is 6.08. The van der Waals surface area contributed by atoms with Gasteiger partial charge >= 0.3 is 0 Å². The van der Waals surface area contributed by atoms with Crippen LogP contribution in [0.1, 0.15) is 18.4 Å². The van der Waals surface area contributed by atoms with Crippen LogP contribution in [0.15, 0.2) is 53.0 Å². The minimum atomic E-state index is -0.399. The average Bonchev–Trinajstić information content (AvgIpc) is 2.55. The Balaban J connectivity index is 1.79. The van der Waals surface area contributed by atoms with E-state index in [4.69, 9.17) is 10.5 Å². The van der Waals surface area contributed by atoms with E-state index in [2.05, 4.69) is 21.2 Å². The summed E-state index contributed by atoms with van der Waals surface area (Å²) in [6.07, 6.45) is 1.24. The lowest BCUT2D eigenvalue weighted by Crippen LogP contribution is -2.14. The zero-order chi connectivity index (χ0) is 17.4. The summed E-state index contributed by atoms with van der Waals surface area (Å²) in [4.78, 5) is 22.7. The number of benzene rings is 2. The molecule has 0 aliphatic heterocycles. The average molecular weight is 391 g/mol. The van der Waals surface area contributed by atoms with Gasteiger partial charge in [0, 0.05) is 16.6 Å². The number of rotatable bonds is 8. The molecule has 0 aromatic heterocycles. The van der Waals surface area contributed by atoms with Gasteiger partial charge < -0.3 is 15.8 Å². The summed E-state index contributed by atoms with van der Waals surface area (Å²) in [5, 5.41) is 2.85. The molecule has 0 bridgehead atoms. The van der Waals surface area contributed by atoms with Crippen molar-refractivity contribution in [2.75, 3.05) is 11.9 Å². The van der Waals surface area contributed by atoms with Crippen molar-refractivity contribution in [3.63, 3.8) is 0 Å². The number of nitrogens with two attached hydrogens (primary N) is 1. The molecule has 0 heterocycles. The van der Waals surface area contributed by atoms with Gasteiger partial charge in [0.25, 0.3) is 0 Å². The molecule has 0 unspecified atom stereocenters. The maximum absolute atomic E-state index is 12.0. The molecule has 0 atom stereocenters. The van der Waals surface area contributed by atoms with Crippen molar-refractivity contribution in [2.45, 2.75) is 19.3 Å². The number of amides is 2. The highest BCUT2D eigenvalue weighted by atomic mass is 79.9. The van der Waals surface area contributed by atoms with Crippen LogP contribution >= 0.6 is 15.9 Å². The highest BCUT2D eigenvalue weighted by Gasteiger charge is 2.05. The van der Waals surface area contributed by atoms with Gasteiger partial charge in [0.2, 0.25) is 11.8 Å². The van der Waals surface area contributed by atoms with Gasteiger partial charge in [-0.15, -0.1) is 0 Å². The third-order valence-corrected chi connectivity index (χ3v) is 4.11. The van der Waals surface area contributed by atoms with E-state index in [0.717, 1.165) is 10.0 Å². The molecule has 3 N–H and O–H groups in total. The van der Waals surface area contributed by atoms with Crippen molar-refractivity contribution in [3.05, 3.63) is 58.6 Å². The van der Waals surface area contributed by atoms with E-state index < -0.39 is 5.91 Å². The zero-order valence-electron chi connectivity index (χ0n) is 13.1. The number of halogens is 1. The van der Waals surface area contributed by atoms with Crippen LogP contribution in [-0.2, 0) is 16.0 Å². The fourth-order valence-electron chi connectivity index (χ4n) is 2.08. The monoisotopic (exact) mass is 390 g/mol. The quantitative estimate of drug-likeness (QED) is 0.725. The van der Waals surface area contributed by atoms with Crippen LogP contribution in [0.3, 0.4) is 0 Å². The number of carbonyl (C=O) groups is 2. The molecule has 0 aliphatic rings. The highest BCUT2D eigenvalue weighted by molar-refractivity contribution is 9.10. The van der Waals surface area contributed by atoms with E-state index in [0.29, 0.717) is 24.3 Å². The van der Waals surface area contributed by atoms with Crippen molar-refractivity contribution >= 4 is 33.4 Å². The number of primary amides is 1. The van der Waals surface area contributed by atoms with Gasteiger partial charge in [-0.1, -0.05) is 34.1 Å². The van der Waals surface area contributed by atoms with Crippen LogP contribution in [-0.4, -0.2) is 18.4 Å². The maximum Gasteiger partial charge on any atom is 0.224 e. The molecule has 6 heteroatoms. The second-order valence-electron chi connectivity index (χ2n) is 5.23. The fourth-order valence-corrected chi connectivity index (χ4v) is 2.56. The van der Waals surface area contributed by atoms with Gasteiger partial charge in [0.1, 0.15) is 5.75 Å². The molecule has 2 aromatic carbocycles. The number of hydrogen-bond acceptors (Lipinski definition) is 3. The van der Waals surface area contributed by atoms with Gasteiger partial charge in [0.15, 0.2) is 0 Å². The van der Waals surface area contributed by atoms with E-state index in [-0.39, 0.29) is 18.9 Å². The largest absolute Gasteiger partial charge is 0.493 e. The van der Waals surface area contributed by atoms with E-state index in [9.17, 15) is 9.59 Å². The predicted molar refractivity (Wildman–Crippen MR) is 96.8 cm³/mol. The summed E-state index contributed by atoms with van der Waals surface area (Å²) >= 11 is 3.48. The molecule has 0 saturated carbocycles. The minimum Gasteiger partial charge on any atom is -0.493 e. The third-order valence-electron chi connectivity index (χ3n) is 3.33. The minimum absolute atomic E-state index is 0.0480. The summed E-state index contributed by atoms with van der Waals surface area (Å²) in [5.74, 6) is 0.180. The number of anilines is 1. The third kappa shape index (κ3) is 6.04. The normalized spacial score (nSPS) is 10.2. The van der Waals surface area contributed by atoms with Crippen molar-refractivity contribution in [2.24, 2.45) is 5.73 Å². The van der Waals surface area contributed by atoms with Crippen LogP contribution in [0.2, 0.25) is 0 Å². The fraction of sp³-hybridized carbons (Fsp3) is 0.222. The van der Waals surface area contributed by atoms with Crippen molar-refractivity contribution in [1.82, 2.24) is 0 Å². The lowest BCUT2D eigenvalue weighted by molar-refractivity contribution is -0.118. The Morgan fingerprint density at radius 2 is 1.75 bits per heavy atom. The molecule has 24 heavy (non-hydrogen) atoms. The molecule has 2 rings (SSSR count). The van der Waals surface area contributed by atoms with Crippen LogP contribution in [0, 0.1) is 0 Å². The molecule has 5 nitrogen and oxygen atoms in total. The van der Waals surface area contributed by atoms with E-state index in [1.54, 1.807) is 24.3 Å². The number of carbonyl (C=O) groups excluding carboxylic acids is 2. The molecule has 2 amide bonds. The second kappa shape index (κ2) is 9.08. The van der Waals surface area contributed by atoms with Crippen LogP contribution in [0.4, 0.5) is 5.69 Å². The number of aryl methyl sites for hydroxylation is 1. The molecular weight excluding hydrogens is 372 g/mol. The van der Waals surface area contributed by atoms with E-state index in [1.807, 2.05) is 24.3 Å². The Kier molecular flexibility index (Phi) is 6.81. The van der Waals surface area contributed by atoms with Crippen molar-refractivity contribution < 1.29 is 14.3 Å². The number of ether oxygens (including phenoxy) is 1. The molecule has 126 valence electrons. The topological polar surface area (TPSA) is 81.4 Å². The molecule has 2 aromatic rings. The first-order valence-electron chi connectivity index (χ1n) is 7.59. The first-order valence-corrected chi connectivity index (χ1v) is 8.38. The predicted octanol–water partition coefficient (Wildman–Crippen LogP) is 3.27. The molecule has 0 fully saturated rings. The standard InChI is InChI=1S/C18H19BrN2O3/c19-16-4-2-1-3-13(16)5-10-18(23)21-14-6-8-15(9-7-14)24-12-11-17(20)22/h1-4,6-9H,5,10-12H2,(H2,20,22)(H,21,23). The Morgan fingerprint density at radius 3 is 2.42 bits per heavy atom. The zero-order valence-corrected chi connectivity index (χ0v) is 14.7. The summed E-state index contributed by atoms with van der Waals surface area (Å²) in [6, 6.07) is 14.9. The van der Waals surface area contributed by atoms with Gasteiger partial charge in [-0.2, -0.15) is 0 Å². The van der Waals surface area contributed by atoms with Crippen LogP contribution in [0.25, 0.3) is 0 Å². The van der Waals surface area contributed by atoms with Crippen molar-refractivity contribution in [3.8, 4) is 5.75 Å².